The molecule has 2 aromatic heterocycles. The van der Waals surface area contributed by atoms with Crippen LogP contribution in [0.4, 0.5) is 0 Å². The van der Waals surface area contributed by atoms with E-state index in [1.54, 1.807) is 11.3 Å². The Bertz CT molecular complexity index is 1270. The van der Waals surface area contributed by atoms with Crippen LogP contribution in [-0.2, 0) is 17.6 Å². The second-order valence-electron chi connectivity index (χ2n) is 8.63. The Morgan fingerprint density at radius 1 is 1.27 bits per heavy atom. The maximum atomic E-state index is 11.6. The standard InChI is InChI=1S/C27H27NO4S/c1-3-20(27(29)30)22-10-8-17-14-19(9-11-21(17)22)31-13-12-23-16(2)32-26(28-23)25-15-18-6-4-5-7-24(18)33-25/h4-7,9,11,14-15,20,22H,3,8,10,12-13H2,1-2H3,(H,29,30). The Morgan fingerprint density at radius 3 is 2.91 bits per heavy atom. The quantitative estimate of drug-likeness (QED) is 0.319. The number of carboxylic acid groups (broad SMARTS) is 1. The molecular weight excluding hydrogens is 434 g/mol. The van der Waals surface area contributed by atoms with Crippen LogP contribution in [0.15, 0.2) is 52.9 Å². The number of nitrogens with zero attached hydrogens (tertiary/aromatic N) is 1. The van der Waals surface area contributed by atoms with Crippen LogP contribution in [0.2, 0.25) is 0 Å². The van der Waals surface area contributed by atoms with Crippen molar-refractivity contribution < 1.29 is 19.1 Å². The van der Waals surface area contributed by atoms with Gasteiger partial charge in [0.2, 0.25) is 5.89 Å². The second-order valence-corrected chi connectivity index (χ2v) is 9.71. The number of rotatable bonds is 8. The highest BCUT2D eigenvalue weighted by atomic mass is 32.1. The number of hydrogen-bond donors (Lipinski definition) is 1. The molecule has 2 unspecified atom stereocenters. The largest absolute Gasteiger partial charge is 0.493 e. The van der Waals surface area contributed by atoms with E-state index in [9.17, 15) is 9.90 Å². The Morgan fingerprint density at radius 2 is 2.12 bits per heavy atom. The van der Waals surface area contributed by atoms with Crippen molar-refractivity contribution in [2.24, 2.45) is 5.92 Å². The number of aliphatic carboxylic acids is 1. The van der Waals surface area contributed by atoms with E-state index in [0.717, 1.165) is 40.5 Å². The third-order valence-corrected chi connectivity index (χ3v) is 7.72. The van der Waals surface area contributed by atoms with E-state index in [1.165, 1.54) is 15.6 Å². The summed E-state index contributed by atoms with van der Waals surface area (Å²) < 4.78 is 13.2. The van der Waals surface area contributed by atoms with Crippen molar-refractivity contribution in [3.63, 3.8) is 0 Å². The number of aromatic nitrogens is 1. The molecule has 170 valence electrons. The zero-order valence-corrected chi connectivity index (χ0v) is 19.7. The molecule has 0 radical (unpaired) electrons. The number of ether oxygens (including phenoxy) is 1. The van der Waals surface area contributed by atoms with Gasteiger partial charge < -0.3 is 14.3 Å². The number of carboxylic acids is 1. The molecule has 0 aliphatic heterocycles. The molecular formula is C27H27NO4S. The molecule has 2 aromatic carbocycles. The van der Waals surface area contributed by atoms with Gasteiger partial charge in [-0.15, -0.1) is 11.3 Å². The van der Waals surface area contributed by atoms with Crippen molar-refractivity contribution >= 4 is 27.4 Å². The topological polar surface area (TPSA) is 72.6 Å². The van der Waals surface area contributed by atoms with Gasteiger partial charge >= 0.3 is 5.97 Å². The van der Waals surface area contributed by atoms with Crippen LogP contribution in [0, 0.1) is 12.8 Å². The number of carbonyl (C=O) groups is 1. The molecule has 1 aliphatic rings. The zero-order chi connectivity index (χ0) is 22.9. The van der Waals surface area contributed by atoms with Crippen molar-refractivity contribution in [1.82, 2.24) is 4.98 Å². The molecule has 0 saturated carbocycles. The maximum Gasteiger partial charge on any atom is 0.307 e. The number of oxazole rings is 1. The monoisotopic (exact) mass is 461 g/mol. The highest BCUT2D eigenvalue weighted by Crippen LogP contribution is 2.41. The zero-order valence-electron chi connectivity index (χ0n) is 18.8. The molecule has 0 saturated heterocycles. The molecule has 5 nitrogen and oxygen atoms in total. The second kappa shape index (κ2) is 9.02. The Kier molecular flexibility index (Phi) is 5.94. The lowest BCUT2D eigenvalue weighted by atomic mass is 9.85. The number of thiophene rings is 1. The van der Waals surface area contributed by atoms with E-state index in [2.05, 4.69) is 30.3 Å². The first-order valence-corrected chi connectivity index (χ1v) is 12.3. The summed E-state index contributed by atoms with van der Waals surface area (Å²) in [7, 11) is 0. The summed E-state index contributed by atoms with van der Waals surface area (Å²) in [6.45, 7) is 4.40. The summed E-state index contributed by atoms with van der Waals surface area (Å²) in [6.07, 6.45) is 3.11. The highest BCUT2D eigenvalue weighted by molar-refractivity contribution is 7.22. The summed E-state index contributed by atoms with van der Waals surface area (Å²) >= 11 is 1.69. The molecule has 1 N–H and O–H groups in total. The van der Waals surface area contributed by atoms with Gasteiger partial charge in [-0.2, -0.15) is 0 Å². The lowest BCUT2D eigenvalue weighted by molar-refractivity contribution is -0.142. The Hall–Kier alpha value is -3.12. The smallest absolute Gasteiger partial charge is 0.307 e. The molecule has 2 atom stereocenters. The van der Waals surface area contributed by atoms with Crippen LogP contribution in [0.3, 0.4) is 0 Å². The first-order valence-electron chi connectivity index (χ1n) is 11.5. The van der Waals surface area contributed by atoms with Crippen molar-refractivity contribution in [3.8, 4) is 16.5 Å². The lowest BCUT2D eigenvalue weighted by Crippen LogP contribution is -2.19. The van der Waals surface area contributed by atoms with Crippen molar-refractivity contribution in [3.05, 3.63) is 71.1 Å². The number of hydrogen-bond acceptors (Lipinski definition) is 5. The first kappa shape index (κ1) is 21.7. The van der Waals surface area contributed by atoms with E-state index in [-0.39, 0.29) is 11.8 Å². The van der Waals surface area contributed by atoms with Crippen molar-refractivity contribution in [1.29, 1.82) is 0 Å². The molecule has 0 fully saturated rings. The third-order valence-electron chi connectivity index (χ3n) is 6.62. The van der Waals surface area contributed by atoms with Crippen molar-refractivity contribution in [2.45, 2.75) is 45.4 Å². The molecule has 0 amide bonds. The van der Waals surface area contributed by atoms with Gasteiger partial charge in [0, 0.05) is 11.1 Å². The minimum Gasteiger partial charge on any atom is -0.493 e. The van der Waals surface area contributed by atoms with Crippen molar-refractivity contribution in [2.75, 3.05) is 6.61 Å². The van der Waals surface area contributed by atoms with Crippen LogP contribution in [0.25, 0.3) is 20.9 Å². The first-order chi connectivity index (χ1) is 16.0. The van der Waals surface area contributed by atoms with Gasteiger partial charge in [-0.1, -0.05) is 31.2 Å². The fourth-order valence-electron chi connectivity index (χ4n) is 4.88. The summed E-state index contributed by atoms with van der Waals surface area (Å²) in [5.74, 6) is 1.39. The van der Waals surface area contributed by atoms with Crippen LogP contribution in [0.1, 0.15) is 48.3 Å². The average Bonchev–Trinajstić information content (AvgIpc) is 3.51. The molecule has 33 heavy (non-hydrogen) atoms. The number of benzene rings is 2. The summed E-state index contributed by atoms with van der Waals surface area (Å²) in [6, 6.07) is 16.5. The molecule has 2 heterocycles. The molecule has 5 rings (SSSR count). The van der Waals surface area contributed by atoms with Crippen LogP contribution in [-0.4, -0.2) is 22.7 Å². The average molecular weight is 462 g/mol. The van der Waals surface area contributed by atoms with Crippen LogP contribution in [0.5, 0.6) is 5.75 Å². The highest BCUT2D eigenvalue weighted by Gasteiger charge is 2.33. The molecule has 6 heteroatoms. The Labute approximate surface area is 197 Å². The minimum absolute atomic E-state index is 0.0988. The fraction of sp³-hybridized carbons (Fsp3) is 0.333. The Balaban J connectivity index is 1.24. The fourth-order valence-corrected chi connectivity index (χ4v) is 5.87. The number of fused-ring (bicyclic) bond motifs is 2. The normalized spacial score (nSPS) is 16.1. The maximum absolute atomic E-state index is 11.6. The van der Waals surface area contributed by atoms with E-state index in [1.807, 2.05) is 32.0 Å². The van der Waals surface area contributed by atoms with Gasteiger partial charge in [0.25, 0.3) is 0 Å². The van der Waals surface area contributed by atoms with Gasteiger partial charge in [0.15, 0.2) is 0 Å². The molecule has 1 aliphatic carbocycles. The number of aryl methyl sites for hydroxylation is 2. The summed E-state index contributed by atoms with van der Waals surface area (Å²) in [5.41, 5.74) is 3.29. The van der Waals surface area contributed by atoms with Gasteiger partial charge in [0.05, 0.1) is 23.1 Å². The SMILES string of the molecule is CCC(C(=O)O)C1CCc2cc(OCCc3nc(-c4cc5ccccc5s4)oc3C)ccc21. The van der Waals surface area contributed by atoms with Crippen LogP contribution < -0.4 is 4.74 Å². The van der Waals surface area contributed by atoms with Crippen LogP contribution >= 0.6 is 11.3 Å². The molecule has 0 bridgehead atoms. The van der Waals surface area contributed by atoms with E-state index in [0.29, 0.717) is 25.3 Å². The predicted molar refractivity (Wildman–Crippen MR) is 130 cm³/mol. The van der Waals surface area contributed by atoms with E-state index < -0.39 is 5.97 Å². The minimum atomic E-state index is -0.700. The molecule has 4 aromatic rings. The summed E-state index contributed by atoms with van der Waals surface area (Å²) in [5, 5.41) is 10.7. The summed E-state index contributed by atoms with van der Waals surface area (Å²) in [4.78, 5) is 17.4. The lowest BCUT2D eigenvalue weighted by Gasteiger charge is -2.19. The third kappa shape index (κ3) is 4.27. The van der Waals surface area contributed by atoms with E-state index in [4.69, 9.17) is 14.1 Å². The van der Waals surface area contributed by atoms with Gasteiger partial charge in [-0.3, -0.25) is 4.79 Å². The molecule has 0 spiro atoms. The van der Waals surface area contributed by atoms with Gasteiger partial charge in [0.1, 0.15) is 11.5 Å². The van der Waals surface area contributed by atoms with Gasteiger partial charge in [-0.05, 0) is 72.9 Å². The van der Waals surface area contributed by atoms with E-state index >= 15 is 0 Å². The van der Waals surface area contributed by atoms with Gasteiger partial charge in [-0.25, -0.2) is 4.98 Å². The predicted octanol–water partition coefficient (Wildman–Crippen LogP) is 6.63.